The smallest absolute Gasteiger partial charge is 0.339 e. The van der Waals surface area contributed by atoms with Gasteiger partial charge in [-0.05, 0) is 74.8 Å². The molecule has 1 aliphatic heterocycles. The van der Waals surface area contributed by atoms with Gasteiger partial charge < -0.3 is 14.2 Å². The number of ether oxygens (including phenoxy) is 1. The van der Waals surface area contributed by atoms with E-state index in [-0.39, 0.29) is 27.6 Å². The second kappa shape index (κ2) is 9.99. The first kappa shape index (κ1) is 27.2. The van der Waals surface area contributed by atoms with Gasteiger partial charge in [0.1, 0.15) is 4.90 Å². The molecule has 1 N–H and O–H groups in total. The lowest BCUT2D eigenvalue weighted by Gasteiger charge is -2.40. The van der Waals surface area contributed by atoms with Gasteiger partial charge in [0.15, 0.2) is 17.3 Å². The summed E-state index contributed by atoms with van der Waals surface area (Å²) in [5.41, 5.74) is 4.48. The van der Waals surface area contributed by atoms with Crippen molar-refractivity contribution in [3.05, 3.63) is 114 Å². The van der Waals surface area contributed by atoms with Crippen LogP contribution in [0.5, 0.6) is 11.5 Å². The van der Waals surface area contributed by atoms with E-state index < -0.39 is 16.2 Å². The molecule has 0 spiro atoms. The number of rotatable bonds is 5. The minimum atomic E-state index is -4.14. The van der Waals surface area contributed by atoms with E-state index in [0.29, 0.717) is 6.42 Å². The number of fused-ring (bicyclic) bond motifs is 5. The molecule has 216 valence electrons. The molecule has 5 aromatic carbocycles. The van der Waals surface area contributed by atoms with Gasteiger partial charge in [0, 0.05) is 23.2 Å². The monoisotopic (exact) mass is 589 g/mol. The Balaban J connectivity index is 1.29. The maximum Gasteiger partial charge on any atom is 0.339 e. The van der Waals surface area contributed by atoms with E-state index in [2.05, 4.69) is 43.4 Å². The predicted molar refractivity (Wildman–Crippen MR) is 170 cm³/mol. The number of nitrogens with one attached hydrogen (secondary N) is 1. The van der Waals surface area contributed by atoms with Crippen LogP contribution < -0.4 is 14.2 Å². The molecule has 7 rings (SSSR count). The van der Waals surface area contributed by atoms with Crippen molar-refractivity contribution in [1.82, 2.24) is 0 Å². The van der Waals surface area contributed by atoms with Gasteiger partial charge in [-0.25, -0.2) is 0 Å². The van der Waals surface area contributed by atoms with Crippen LogP contribution in [0, 0.1) is 5.41 Å². The summed E-state index contributed by atoms with van der Waals surface area (Å²) >= 11 is 0. The van der Waals surface area contributed by atoms with E-state index in [1.807, 2.05) is 36.4 Å². The van der Waals surface area contributed by atoms with Crippen molar-refractivity contribution < 1.29 is 22.1 Å². The molecule has 0 bridgehead atoms. The number of ketones is 1. The Morgan fingerprint density at radius 1 is 0.791 bits per heavy atom. The topological polar surface area (TPSA) is 81.7 Å². The molecule has 0 unspecified atom stereocenters. The quantitative estimate of drug-likeness (QED) is 0.209. The van der Waals surface area contributed by atoms with E-state index in [1.54, 1.807) is 30.3 Å². The molecule has 0 saturated carbocycles. The minimum absolute atomic E-state index is 0.0559. The predicted octanol–water partition coefficient (Wildman–Crippen LogP) is 8.08. The van der Waals surface area contributed by atoms with Crippen LogP contribution in [-0.4, -0.2) is 21.3 Å². The lowest BCUT2D eigenvalue weighted by Crippen LogP contribution is -2.33. The summed E-state index contributed by atoms with van der Waals surface area (Å²) < 4.78 is 37.8. The first-order chi connectivity index (χ1) is 20.6. The molecule has 0 saturated heterocycles. The number of hydrogen-bond donors (Lipinski definition) is 1. The highest BCUT2D eigenvalue weighted by molar-refractivity contribution is 7.87. The van der Waals surface area contributed by atoms with Gasteiger partial charge in [-0.15, -0.1) is 0 Å². The summed E-state index contributed by atoms with van der Waals surface area (Å²) in [6.45, 7) is 4.28. The van der Waals surface area contributed by atoms with E-state index in [1.165, 1.54) is 13.2 Å². The third-order valence-electron chi connectivity index (χ3n) is 8.47. The first-order valence-corrected chi connectivity index (χ1v) is 15.7. The van der Waals surface area contributed by atoms with E-state index in [4.69, 9.17) is 8.92 Å². The molecule has 7 heteroatoms. The summed E-state index contributed by atoms with van der Waals surface area (Å²) in [7, 11) is -2.66. The molecule has 0 fully saturated rings. The van der Waals surface area contributed by atoms with Crippen molar-refractivity contribution in [2.45, 2.75) is 37.6 Å². The zero-order chi connectivity index (χ0) is 29.9. The standard InChI is InChI=1S/C36H31NO5S/c1-36(2)20-28-33-27-11-7-6-9-23(27)13-16-29(33)37-35(34(28)30(38)21-36)25-14-17-31(32(19-25)41-3)42-43(39,40)26-15-12-22-8-4-5-10-24(22)18-26/h4-19,35,37H,20-21H2,1-3H3/t35-/m0/s1. The van der Waals surface area contributed by atoms with Crippen molar-refractivity contribution in [3.63, 3.8) is 0 Å². The molecular weight excluding hydrogens is 558 g/mol. The molecule has 6 nitrogen and oxygen atoms in total. The van der Waals surface area contributed by atoms with E-state index >= 15 is 0 Å². The van der Waals surface area contributed by atoms with Gasteiger partial charge in [0.25, 0.3) is 0 Å². The zero-order valence-electron chi connectivity index (χ0n) is 24.2. The van der Waals surface area contributed by atoms with Gasteiger partial charge in [-0.1, -0.05) is 80.6 Å². The van der Waals surface area contributed by atoms with Crippen LogP contribution in [0.15, 0.2) is 108 Å². The van der Waals surface area contributed by atoms with Gasteiger partial charge >= 0.3 is 10.1 Å². The van der Waals surface area contributed by atoms with Crippen LogP contribution in [0.2, 0.25) is 0 Å². The summed E-state index contributed by atoms with van der Waals surface area (Å²) in [6.07, 6.45) is 1.22. The Hall–Kier alpha value is -4.62. The second-order valence-electron chi connectivity index (χ2n) is 12.1. The molecular formula is C36H31NO5S. The minimum Gasteiger partial charge on any atom is -0.493 e. The van der Waals surface area contributed by atoms with Crippen molar-refractivity contribution in [1.29, 1.82) is 0 Å². The van der Waals surface area contributed by atoms with Crippen LogP contribution in [0.1, 0.15) is 43.9 Å². The van der Waals surface area contributed by atoms with E-state index in [9.17, 15) is 13.2 Å². The van der Waals surface area contributed by atoms with Crippen molar-refractivity contribution in [2.75, 3.05) is 12.4 Å². The number of allylic oxidation sites excluding steroid dienone is 1. The fourth-order valence-corrected chi connectivity index (χ4v) is 7.49. The maximum absolute atomic E-state index is 13.8. The third-order valence-corrected chi connectivity index (χ3v) is 9.70. The molecule has 1 atom stereocenters. The Bertz CT molecular complexity index is 2090. The largest absolute Gasteiger partial charge is 0.493 e. The van der Waals surface area contributed by atoms with Crippen LogP contribution in [0.25, 0.3) is 27.1 Å². The molecule has 0 aromatic heterocycles. The lowest BCUT2D eigenvalue weighted by atomic mass is 9.68. The number of anilines is 1. The Kier molecular flexibility index (Phi) is 6.32. The third kappa shape index (κ3) is 4.74. The first-order valence-electron chi connectivity index (χ1n) is 14.3. The fraction of sp³-hybridized carbons (Fsp3) is 0.194. The van der Waals surface area contributed by atoms with E-state index in [0.717, 1.165) is 55.9 Å². The normalized spacial score (nSPS) is 17.7. The van der Waals surface area contributed by atoms with Crippen LogP contribution >= 0.6 is 0 Å². The molecule has 0 radical (unpaired) electrons. The fourth-order valence-electron chi connectivity index (χ4n) is 6.51. The average molecular weight is 590 g/mol. The number of methoxy groups -OCH3 is 1. The zero-order valence-corrected chi connectivity index (χ0v) is 25.0. The highest BCUT2D eigenvalue weighted by Crippen LogP contribution is 2.52. The Morgan fingerprint density at radius 2 is 1.51 bits per heavy atom. The maximum atomic E-state index is 13.8. The van der Waals surface area contributed by atoms with Crippen molar-refractivity contribution in [3.8, 4) is 11.5 Å². The van der Waals surface area contributed by atoms with Gasteiger partial charge in [-0.2, -0.15) is 8.42 Å². The highest BCUT2D eigenvalue weighted by atomic mass is 32.2. The van der Waals surface area contributed by atoms with Crippen molar-refractivity contribution >= 4 is 48.7 Å². The number of carbonyl (C=O) groups excluding carboxylic acids is 1. The van der Waals surface area contributed by atoms with Crippen LogP contribution in [-0.2, 0) is 14.9 Å². The number of benzene rings is 5. The molecule has 0 amide bonds. The molecule has 1 aliphatic carbocycles. The second-order valence-corrected chi connectivity index (χ2v) is 13.6. The Morgan fingerprint density at radius 3 is 2.30 bits per heavy atom. The molecule has 43 heavy (non-hydrogen) atoms. The number of Topliss-reactive ketones (excluding diaryl/α,β-unsaturated/α-hetero) is 1. The molecule has 5 aromatic rings. The summed E-state index contributed by atoms with van der Waals surface area (Å²) in [5, 5.41) is 7.61. The lowest BCUT2D eigenvalue weighted by molar-refractivity contribution is -0.118. The average Bonchev–Trinajstić information content (AvgIpc) is 2.99. The molecule has 2 aliphatic rings. The van der Waals surface area contributed by atoms with Crippen LogP contribution in [0.3, 0.4) is 0 Å². The Labute approximate surface area is 251 Å². The summed E-state index contributed by atoms with van der Waals surface area (Å²) in [5.74, 6) is 0.450. The SMILES string of the molecule is COc1cc([C@@H]2Nc3ccc4ccccc4c3C3=C2C(=O)CC(C)(C)C3)ccc1OS(=O)(=O)c1ccc2ccccc2c1. The summed E-state index contributed by atoms with van der Waals surface area (Å²) in [4.78, 5) is 13.9. The summed E-state index contributed by atoms with van der Waals surface area (Å²) in [6, 6.07) is 29.6. The van der Waals surface area contributed by atoms with Gasteiger partial charge in [0.05, 0.1) is 13.2 Å². The number of hydrogen-bond acceptors (Lipinski definition) is 6. The van der Waals surface area contributed by atoms with Gasteiger partial charge in [0.2, 0.25) is 0 Å². The van der Waals surface area contributed by atoms with Crippen molar-refractivity contribution in [2.24, 2.45) is 5.41 Å². The number of carbonyl (C=O) groups is 1. The highest BCUT2D eigenvalue weighted by Gasteiger charge is 2.41. The molecule has 1 heterocycles. The van der Waals surface area contributed by atoms with Crippen LogP contribution in [0.4, 0.5) is 5.69 Å². The van der Waals surface area contributed by atoms with Gasteiger partial charge in [-0.3, -0.25) is 4.79 Å².